The fourth-order valence-electron chi connectivity index (χ4n) is 2.08. The lowest BCUT2D eigenvalue weighted by Gasteiger charge is -2.13. The molecule has 0 aromatic heterocycles. The first-order valence-electron chi connectivity index (χ1n) is 7.09. The first-order chi connectivity index (χ1) is 11.0. The van der Waals surface area contributed by atoms with Crippen molar-refractivity contribution in [3.63, 3.8) is 0 Å². The molecule has 0 aliphatic heterocycles. The summed E-state index contributed by atoms with van der Waals surface area (Å²) in [5.74, 6) is 0.358. The predicted molar refractivity (Wildman–Crippen MR) is 94.5 cm³/mol. The Morgan fingerprint density at radius 2 is 1.91 bits per heavy atom. The average molecular weight is 353 g/mol. The number of carbonyl (C=O) groups excluding carboxylic acids is 1. The van der Waals surface area contributed by atoms with Gasteiger partial charge in [-0.3, -0.25) is 4.79 Å². The fourth-order valence-corrected chi connectivity index (χ4v) is 2.43. The molecular weight excluding hydrogens is 335 g/mol. The van der Waals surface area contributed by atoms with Gasteiger partial charge in [-0.1, -0.05) is 41.4 Å². The summed E-state index contributed by atoms with van der Waals surface area (Å²) in [6, 6.07) is 11.0. The summed E-state index contributed by atoms with van der Waals surface area (Å²) in [5.41, 5.74) is 2.41. The van der Waals surface area contributed by atoms with Crippen molar-refractivity contribution >= 4 is 34.8 Å². The second-order valence-corrected chi connectivity index (χ2v) is 5.86. The van der Waals surface area contributed by atoms with Crippen LogP contribution in [0.5, 0.6) is 5.75 Å². The van der Waals surface area contributed by atoms with Crippen LogP contribution in [0.1, 0.15) is 11.1 Å². The minimum atomic E-state index is -0.169. The van der Waals surface area contributed by atoms with E-state index in [9.17, 15) is 4.79 Å². The summed E-state index contributed by atoms with van der Waals surface area (Å²) < 4.78 is 5.23. The number of hydrogen-bond acceptors (Lipinski definition) is 3. The van der Waals surface area contributed by atoms with E-state index in [0.717, 1.165) is 11.1 Å². The Morgan fingerprint density at radius 1 is 1.17 bits per heavy atom. The van der Waals surface area contributed by atoms with E-state index in [-0.39, 0.29) is 12.5 Å². The lowest BCUT2D eigenvalue weighted by atomic mass is 10.2. The third kappa shape index (κ3) is 4.86. The molecule has 2 N–H and O–H groups in total. The molecule has 4 nitrogen and oxygen atoms in total. The number of nitrogens with one attached hydrogen (secondary N) is 2. The van der Waals surface area contributed by atoms with Crippen molar-refractivity contribution in [2.75, 3.05) is 19.0 Å². The molecule has 0 aliphatic rings. The number of hydrogen-bond donors (Lipinski definition) is 2. The number of amides is 1. The van der Waals surface area contributed by atoms with Crippen molar-refractivity contribution in [3.8, 4) is 5.75 Å². The predicted octanol–water partition coefficient (Wildman–Crippen LogP) is 4.04. The number of halogens is 2. The van der Waals surface area contributed by atoms with Gasteiger partial charge in [0.15, 0.2) is 0 Å². The van der Waals surface area contributed by atoms with Gasteiger partial charge >= 0.3 is 0 Å². The van der Waals surface area contributed by atoms with Crippen LogP contribution in [0.4, 0.5) is 5.69 Å². The lowest BCUT2D eigenvalue weighted by Crippen LogP contribution is -2.28. The highest BCUT2D eigenvalue weighted by molar-refractivity contribution is 6.31. The summed E-state index contributed by atoms with van der Waals surface area (Å²) in [5, 5.41) is 7.15. The molecule has 6 heteroatoms. The van der Waals surface area contributed by atoms with Crippen LogP contribution in [0.25, 0.3) is 0 Å². The number of anilines is 1. The van der Waals surface area contributed by atoms with Gasteiger partial charge in [0.05, 0.1) is 19.3 Å². The van der Waals surface area contributed by atoms with Gasteiger partial charge in [0.1, 0.15) is 5.75 Å². The smallest absolute Gasteiger partial charge is 0.238 e. The second kappa shape index (κ2) is 8.20. The van der Waals surface area contributed by atoms with Crippen molar-refractivity contribution in [3.05, 3.63) is 57.6 Å². The molecule has 0 saturated heterocycles. The molecular formula is C17H18Cl2N2O2. The monoisotopic (exact) mass is 352 g/mol. The zero-order chi connectivity index (χ0) is 16.8. The summed E-state index contributed by atoms with van der Waals surface area (Å²) in [4.78, 5) is 12.1. The maximum absolute atomic E-state index is 12.1. The molecule has 23 heavy (non-hydrogen) atoms. The van der Waals surface area contributed by atoms with Gasteiger partial charge in [-0.25, -0.2) is 0 Å². The van der Waals surface area contributed by atoms with Gasteiger partial charge in [-0.05, 0) is 30.2 Å². The molecule has 0 radical (unpaired) electrons. The SMILES string of the molecule is COc1cc(Cl)c(C)cc1NC(=O)CNCc1ccccc1Cl. The van der Waals surface area contributed by atoms with Crippen molar-refractivity contribution < 1.29 is 9.53 Å². The van der Waals surface area contributed by atoms with E-state index in [1.807, 2.05) is 31.2 Å². The molecule has 0 aliphatic carbocycles. The highest BCUT2D eigenvalue weighted by Gasteiger charge is 2.10. The van der Waals surface area contributed by atoms with Crippen LogP contribution in [-0.2, 0) is 11.3 Å². The molecule has 0 fully saturated rings. The van der Waals surface area contributed by atoms with Gasteiger partial charge in [0, 0.05) is 22.7 Å². The fraction of sp³-hybridized carbons (Fsp3) is 0.235. The maximum atomic E-state index is 12.1. The van der Waals surface area contributed by atoms with Gasteiger partial charge < -0.3 is 15.4 Å². The molecule has 122 valence electrons. The van der Waals surface area contributed by atoms with E-state index in [2.05, 4.69) is 10.6 Å². The van der Waals surface area contributed by atoms with Crippen LogP contribution >= 0.6 is 23.2 Å². The number of benzene rings is 2. The molecule has 0 heterocycles. The quantitative estimate of drug-likeness (QED) is 0.824. The first kappa shape index (κ1) is 17.6. The summed E-state index contributed by atoms with van der Waals surface area (Å²) in [6.45, 7) is 2.55. The summed E-state index contributed by atoms with van der Waals surface area (Å²) in [6.07, 6.45) is 0. The van der Waals surface area contributed by atoms with Gasteiger partial charge in [-0.2, -0.15) is 0 Å². The Balaban J connectivity index is 1.93. The molecule has 1 amide bonds. The normalized spacial score (nSPS) is 10.4. The summed E-state index contributed by atoms with van der Waals surface area (Å²) in [7, 11) is 1.53. The van der Waals surface area contributed by atoms with Gasteiger partial charge in [0.25, 0.3) is 0 Å². The van der Waals surface area contributed by atoms with Crippen molar-refractivity contribution in [2.45, 2.75) is 13.5 Å². The number of carbonyl (C=O) groups is 1. The van der Waals surface area contributed by atoms with E-state index in [1.54, 1.807) is 12.1 Å². The van der Waals surface area contributed by atoms with Gasteiger partial charge in [-0.15, -0.1) is 0 Å². The van der Waals surface area contributed by atoms with Gasteiger partial charge in [0.2, 0.25) is 5.91 Å². The minimum Gasteiger partial charge on any atom is -0.495 e. The highest BCUT2D eigenvalue weighted by Crippen LogP contribution is 2.30. The van der Waals surface area contributed by atoms with Crippen LogP contribution in [0.3, 0.4) is 0 Å². The van der Waals surface area contributed by atoms with E-state index in [1.165, 1.54) is 7.11 Å². The van der Waals surface area contributed by atoms with E-state index in [0.29, 0.717) is 28.0 Å². The topological polar surface area (TPSA) is 50.4 Å². The minimum absolute atomic E-state index is 0.163. The van der Waals surface area contributed by atoms with Crippen molar-refractivity contribution in [1.29, 1.82) is 0 Å². The zero-order valence-electron chi connectivity index (χ0n) is 13.0. The van der Waals surface area contributed by atoms with Crippen molar-refractivity contribution in [1.82, 2.24) is 5.32 Å². The third-order valence-electron chi connectivity index (χ3n) is 3.31. The Labute approximate surface area is 145 Å². The molecule has 0 unspecified atom stereocenters. The Morgan fingerprint density at radius 3 is 2.61 bits per heavy atom. The van der Waals surface area contributed by atoms with Crippen LogP contribution in [0.2, 0.25) is 10.0 Å². The lowest BCUT2D eigenvalue weighted by molar-refractivity contribution is -0.115. The van der Waals surface area contributed by atoms with Crippen LogP contribution in [0.15, 0.2) is 36.4 Å². The summed E-state index contributed by atoms with van der Waals surface area (Å²) >= 11 is 12.1. The van der Waals surface area contributed by atoms with Crippen LogP contribution in [-0.4, -0.2) is 19.6 Å². The Hall–Kier alpha value is -1.75. The Bertz CT molecular complexity index is 705. The van der Waals surface area contributed by atoms with E-state index >= 15 is 0 Å². The molecule has 2 aromatic carbocycles. The first-order valence-corrected chi connectivity index (χ1v) is 7.85. The highest BCUT2D eigenvalue weighted by atomic mass is 35.5. The molecule has 0 atom stereocenters. The third-order valence-corrected chi connectivity index (χ3v) is 4.09. The number of aryl methyl sites for hydroxylation is 1. The standard InChI is InChI=1S/C17H18Cl2N2O2/c1-11-7-15(16(23-2)8-14(11)19)21-17(22)10-20-9-12-5-3-4-6-13(12)18/h3-8,20H,9-10H2,1-2H3,(H,21,22). The van der Waals surface area contributed by atoms with E-state index in [4.69, 9.17) is 27.9 Å². The van der Waals surface area contributed by atoms with Crippen LogP contribution in [0, 0.1) is 6.92 Å². The molecule has 2 aromatic rings. The van der Waals surface area contributed by atoms with E-state index < -0.39 is 0 Å². The zero-order valence-corrected chi connectivity index (χ0v) is 14.5. The second-order valence-electron chi connectivity index (χ2n) is 5.04. The molecule has 0 spiro atoms. The van der Waals surface area contributed by atoms with Crippen LogP contribution < -0.4 is 15.4 Å². The maximum Gasteiger partial charge on any atom is 0.238 e. The Kier molecular flexibility index (Phi) is 6.28. The largest absolute Gasteiger partial charge is 0.495 e. The number of ether oxygens (including phenoxy) is 1. The van der Waals surface area contributed by atoms with Crippen molar-refractivity contribution in [2.24, 2.45) is 0 Å². The number of rotatable bonds is 6. The molecule has 0 bridgehead atoms. The molecule has 2 rings (SSSR count). The number of methoxy groups -OCH3 is 1. The molecule has 0 saturated carbocycles. The average Bonchev–Trinajstić information content (AvgIpc) is 2.52.